The summed E-state index contributed by atoms with van der Waals surface area (Å²) in [6, 6.07) is 12.9. The molecule has 4 aromatic rings. The van der Waals surface area contributed by atoms with Gasteiger partial charge in [0.05, 0.1) is 35.0 Å². The van der Waals surface area contributed by atoms with Crippen LogP contribution in [0.3, 0.4) is 0 Å². The first-order valence-electron chi connectivity index (χ1n) is 10.8. The Balaban J connectivity index is 0.00000231. The summed E-state index contributed by atoms with van der Waals surface area (Å²) in [5.41, 5.74) is 5.36. The van der Waals surface area contributed by atoms with E-state index in [0.29, 0.717) is 11.4 Å². The van der Waals surface area contributed by atoms with E-state index >= 15 is 0 Å². The molecule has 0 radical (unpaired) electrons. The molecule has 18 heteroatoms. The minimum absolute atomic E-state index is 0. The third kappa shape index (κ3) is 6.00. The summed E-state index contributed by atoms with van der Waals surface area (Å²) in [5, 5.41) is 20.1. The molecule has 0 aromatic heterocycles. The van der Waals surface area contributed by atoms with Crippen molar-refractivity contribution in [2.24, 2.45) is 10.2 Å². The van der Waals surface area contributed by atoms with Crippen LogP contribution in [0, 0.1) is 0 Å². The standard InChI is InChI=1S/C23H19N4O9PS2.2Na/c1-27-16-4-2-3-5-18(16)37(29,30)19-10-13(6-7-17(19)27)25-26-22-20(39(34,35)36)9-12-8-14(38(31,32)33)11-15(24)21(12)23(22)28;;/h2-11,28H,24H2,1H3,(H,29,30)(H,31,32,33)(H,34,35,36);;/q;2*+1/p-2. The number of anilines is 3. The zero-order valence-corrected chi connectivity index (χ0v) is 28.2. The fraction of sp³-hybridized carbons (Fsp3) is 0.0435. The maximum Gasteiger partial charge on any atom is 1.00 e. The Morgan fingerprint density at radius 3 is 2.15 bits per heavy atom. The molecule has 202 valence electrons. The van der Waals surface area contributed by atoms with Crippen molar-refractivity contribution in [1.29, 1.82) is 0 Å². The quantitative estimate of drug-likeness (QED) is 0.0646. The number of nitrogens with zero attached hydrogens (tertiary/aromatic N) is 3. The average Bonchev–Trinajstić information content (AvgIpc) is 2.85. The van der Waals surface area contributed by atoms with Gasteiger partial charge in [-0.1, -0.05) is 23.9 Å². The number of benzene rings is 4. The van der Waals surface area contributed by atoms with Crippen LogP contribution in [0.1, 0.15) is 0 Å². The van der Waals surface area contributed by atoms with Gasteiger partial charge in [-0.05, 0) is 53.2 Å². The topological polar surface area (TPSA) is 226 Å². The van der Waals surface area contributed by atoms with Crippen molar-refractivity contribution in [2.45, 2.75) is 9.79 Å². The van der Waals surface area contributed by atoms with Crippen LogP contribution in [-0.2, 0) is 24.8 Å². The average molecular weight is 634 g/mol. The second-order valence-corrected chi connectivity index (χ2v) is 13.5. The summed E-state index contributed by atoms with van der Waals surface area (Å²) >= 11 is 0. The first-order valence-corrected chi connectivity index (χ1v) is 15.3. The Morgan fingerprint density at radius 1 is 0.878 bits per heavy atom. The molecule has 4 N–H and O–H groups in total. The van der Waals surface area contributed by atoms with Gasteiger partial charge >= 0.3 is 59.1 Å². The maximum atomic E-state index is 13.3. The number of fused-ring (bicyclic) bond motifs is 3. The van der Waals surface area contributed by atoms with Crippen molar-refractivity contribution < 1.29 is 99.6 Å². The summed E-state index contributed by atoms with van der Waals surface area (Å²) in [4.78, 5) is 13.3. The van der Waals surface area contributed by atoms with Crippen molar-refractivity contribution in [1.82, 2.24) is 0 Å². The number of nitrogen functional groups attached to an aromatic ring is 1. The Labute approximate surface area is 278 Å². The molecule has 13 nitrogen and oxygen atoms in total. The Morgan fingerprint density at radius 2 is 1.51 bits per heavy atom. The van der Waals surface area contributed by atoms with E-state index < -0.39 is 54.5 Å². The number of nitrogens with two attached hydrogens (primary N) is 1. The summed E-state index contributed by atoms with van der Waals surface area (Å²) in [6.07, 6.45) is 0. The van der Waals surface area contributed by atoms with Crippen LogP contribution in [-0.4, -0.2) is 33.0 Å². The molecule has 41 heavy (non-hydrogen) atoms. The molecule has 1 heterocycles. The fourth-order valence-electron chi connectivity index (χ4n) is 4.37. The number of hydrogen-bond donors (Lipinski definition) is 3. The molecule has 0 amide bonds. The van der Waals surface area contributed by atoms with Gasteiger partial charge in [-0.15, -0.1) is 5.11 Å². The third-order valence-electron chi connectivity index (χ3n) is 6.17. The van der Waals surface area contributed by atoms with Crippen molar-refractivity contribution in [2.75, 3.05) is 17.7 Å². The van der Waals surface area contributed by atoms with E-state index in [1.54, 1.807) is 30.1 Å². The Hall–Kier alpha value is -1.85. The first-order chi connectivity index (χ1) is 18.1. The molecule has 0 bridgehead atoms. The van der Waals surface area contributed by atoms with Crippen LogP contribution in [0.15, 0.2) is 80.7 Å². The third-order valence-corrected chi connectivity index (χ3v) is 9.88. The molecule has 4 aromatic carbocycles. The summed E-state index contributed by atoms with van der Waals surface area (Å²) in [7, 11) is -12.5. The number of hydrogen-bond acceptors (Lipinski definition) is 11. The van der Waals surface area contributed by atoms with Gasteiger partial charge in [0.2, 0.25) is 0 Å². The molecule has 1 aliphatic rings. The van der Waals surface area contributed by atoms with Crippen LogP contribution in [0.5, 0.6) is 5.75 Å². The van der Waals surface area contributed by atoms with Gasteiger partial charge in [0, 0.05) is 23.3 Å². The van der Waals surface area contributed by atoms with Gasteiger partial charge in [0.1, 0.15) is 4.90 Å². The minimum Gasteiger partial charge on any atom is -0.870 e. The van der Waals surface area contributed by atoms with E-state index in [1.807, 2.05) is 0 Å². The van der Waals surface area contributed by atoms with Crippen LogP contribution in [0.25, 0.3) is 10.8 Å². The molecule has 1 aliphatic heterocycles. The van der Waals surface area contributed by atoms with Gasteiger partial charge in [-0.3, -0.25) is 9.11 Å². The van der Waals surface area contributed by atoms with Crippen molar-refractivity contribution in [3.05, 3.63) is 60.7 Å². The largest absolute Gasteiger partial charge is 1.00 e. The predicted octanol–water partition coefficient (Wildman–Crippen LogP) is -3.92. The Kier molecular flexibility index (Phi) is 9.58. The Bertz CT molecular complexity index is 2020. The molecule has 1 atom stereocenters. The van der Waals surface area contributed by atoms with Gasteiger partial charge in [-0.25, -0.2) is 0 Å². The van der Waals surface area contributed by atoms with Gasteiger partial charge in [0.25, 0.3) is 20.2 Å². The van der Waals surface area contributed by atoms with E-state index in [0.717, 1.165) is 18.2 Å². The number of rotatable bonds is 4. The SMILES string of the molecule is CN1c2ccccc2P(=O)([O-])c2cc(N=Nc3c(S(=O)(=O)O)cc4cc(S(=O)(=O)O)cc(N)c4c3[O-])ccc21.[Na+].[Na+]. The number of para-hydroxylation sites is 1. The monoisotopic (exact) mass is 634 g/mol. The van der Waals surface area contributed by atoms with E-state index in [4.69, 9.17) is 5.73 Å². The molecule has 0 fully saturated rings. The van der Waals surface area contributed by atoms with Crippen LogP contribution >= 0.6 is 7.37 Å². The number of azo groups is 1. The summed E-state index contributed by atoms with van der Waals surface area (Å²) < 4.78 is 79.6. The molecule has 0 spiro atoms. The normalized spacial score (nSPS) is 16.5. The molecule has 0 aliphatic carbocycles. The van der Waals surface area contributed by atoms with Crippen molar-refractivity contribution in [3.63, 3.8) is 0 Å². The predicted molar refractivity (Wildman–Crippen MR) is 139 cm³/mol. The van der Waals surface area contributed by atoms with Gasteiger partial charge in [-0.2, -0.15) is 21.9 Å². The van der Waals surface area contributed by atoms with Gasteiger partial charge < -0.3 is 25.2 Å². The fourth-order valence-corrected chi connectivity index (χ4v) is 7.47. The molecule has 0 saturated heterocycles. The molecule has 5 rings (SSSR count). The van der Waals surface area contributed by atoms with Crippen LogP contribution in [0.4, 0.5) is 28.4 Å². The second kappa shape index (κ2) is 11.7. The molecule has 0 saturated carbocycles. The molecular weight excluding hydrogens is 617 g/mol. The zero-order valence-electron chi connectivity index (χ0n) is 21.7. The zero-order chi connectivity index (χ0) is 28.5. The van der Waals surface area contributed by atoms with Crippen LogP contribution < -0.4 is 90.4 Å². The molecular formula is C23H17N4Na2O9PS2. The van der Waals surface area contributed by atoms with Gasteiger partial charge in [0.15, 0.2) is 0 Å². The summed E-state index contributed by atoms with van der Waals surface area (Å²) in [5.74, 6) is -1.11. The van der Waals surface area contributed by atoms with Crippen LogP contribution in [0.2, 0.25) is 0 Å². The minimum atomic E-state index is -5.09. The first kappa shape index (κ1) is 33.6. The van der Waals surface area contributed by atoms with E-state index in [-0.39, 0.29) is 86.2 Å². The summed E-state index contributed by atoms with van der Waals surface area (Å²) in [6.45, 7) is 0. The van der Waals surface area contributed by atoms with Crippen molar-refractivity contribution in [3.8, 4) is 5.75 Å². The van der Waals surface area contributed by atoms with E-state index in [2.05, 4.69) is 10.2 Å². The van der Waals surface area contributed by atoms with Crippen molar-refractivity contribution >= 4 is 77.4 Å². The molecule has 1 unspecified atom stereocenters. The second-order valence-electron chi connectivity index (χ2n) is 8.59. The maximum absolute atomic E-state index is 13.3. The smallest absolute Gasteiger partial charge is 0.870 e. The van der Waals surface area contributed by atoms with E-state index in [9.17, 15) is 40.5 Å². The van der Waals surface area contributed by atoms with E-state index in [1.165, 1.54) is 24.3 Å².